The van der Waals surface area contributed by atoms with E-state index in [1.807, 2.05) is 0 Å². The SMILES string of the molecule is COc1cc(-c2cnn3cc(C(C)(C)S(C)(=O)=O)ccc23)cc(OC(F)F)c1C(=O)C[C@@H]1C[C@@H]1F. The van der Waals surface area contributed by atoms with Crippen LogP contribution in [0.1, 0.15) is 42.6 Å². The number of nitrogens with zero attached hydrogens (tertiary/aromatic N) is 2. The van der Waals surface area contributed by atoms with Crippen molar-refractivity contribution >= 4 is 21.1 Å². The van der Waals surface area contributed by atoms with Gasteiger partial charge in [-0.25, -0.2) is 17.3 Å². The zero-order chi connectivity index (χ0) is 25.7. The zero-order valence-corrected chi connectivity index (χ0v) is 20.4. The molecule has 11 heteroatoms. The highest BCUT2D eigenvalue weighted by Crippen LogP contribution is 2.42. The van der Waals surface area contributed by atoms with Crippen LogP contribution in [0.15, 0.2) is 36.7 Å². The van der Waals surface area contributed by atoms with Crippen molar-refractivity contribution in [3.8, 4) is 22.6 Å². The number of ketones is 1. The first-order chi connectivity index (χ1) is 16.3. The van der Waals surface area contributed by atoms with Crippen LogP contribution in [0.3, 0.4) is 0 Å². The molecule has 0 bridgehead atoms. The fourth-order valence-corrected chi connectivity index (χ4v) is 4.46. The van der Waals surface area contributed by atoms with Crippen LogP contribution in [0.5, 0.6) is 11.5 Å². The number of rotatable bonds is 9. The monoisotopic (exact) mass is 510 g/mol. The van der Waals surface area contributed by atoms with Gasteiger partial charge in [-0.15, -0.1) is 0 Å². The Hall–Kier alpha value is -3.08. The Morgan fingerprint density at radius 1 is 1.26 bits per heavy atom. The van der Waals surface area contributed by atoms with E-state index in [4.69, 9.17) is 4.74 Å². The molecule has 0 N–H and O–H groups in total. The molecule has 0 amide bonds. The number of Topliss-reactive ketones (excluding diaryl/α,β-unsaturated/α-hetero) is 1. The lowest BCUT2D eigenvalue weighted by Crippen LogP contribution is -2.28. The number of carbonyl (C=O) groups is 1. The van der Waals surface area contributed by atoms with Gasteiger partial charge in [-0.3, -0.25) is 4.79 Å². The normalized spacial score (nSPS) is 18.2. The van der Waals surface area contributed by atoms with E-state index >= 15 is 0 Å². The minimum absolute atomic E-state index is 0.0217. The molecule has 1 saturated carbocycles. The van der Waals surface area contributed by atoms with Crippen LogP contribution in [0.2, 0.25) is 0 Å². The first-order valence-corrected chi connectivity index (χ1v) is 12.7. The second-order valence-corrected chi connectivity index (χ2v) is 11.7. The quantitative estimate of drug-likeness (QED) is 0.384. The first kappa shape index (κ1) is 25.0. The van der Waals surface area contributed by atoms with Gasteiger partial charge in [0, 0.05) is 30.4 Å². The molecule has 0 spiro atoms. The van der Waals surface area contributed by atoms with Crippen molar-refractivity contribution in [1.82, 2.24) is 9.61 Å². The third-order valence-corrected chi connectivity index (χ3v) is 8.60. The van der Waals surface area contributed by atoms with E-state index in [0.29, 0.717) is 22.2 Å². The Labute approximate surface area is 200 Å². The maximum atomic E-state index is 13.3. The summed E-state index contributed by atoms with van der Waals surface area (Å²) in [5.41, 5.74) is 1.85. The van der Waals surface area contributed by atoms with Crippen LogP contribution >= 0.6 is 0 Å². The van der Waals surface area contributed by atoms with Crippen LogP contribution < -0.4 is 9.47 Å². The van der Waals surface area contributed by atoms with Gasteiger partial charge in [0.2, 0.25) is 0 Å². The molecule has 1 aromatic carbocycles. The fourth-order valence-electron chi connectivity index (χ4n) is 3.91. The molecule has 1 aliphatic rings. The lowest BCUT2D eigenvalue weighted by molar-refractivity contribution is -0.0502. The number of aromatic nitrogens is 2. The number of pyridine rings is 1. The Balaban J connectivity index is 1.80. The molecule has 1 aliphatic carbocycles. The number of hydrogen-bond acceptors (Lipinski definition) is 6. The molecule has 2 atom stereocenters. The van der Waals surface area contributed by atoms with Crippen molar-refractivity contribution < 1.29 is 35.9 Å². The summed E-state index contributed by atoms with van der Waals surface area (Å²) in [5.74, 6) is -1.32. The van der Waals surface area contributed by atoms with E-state index in [9.17, 15) is 26.4 Å². The summed E-state index contributed by atoms with van der Waals surface area (Å²) in [6, 6.07) is 6.15. The van der Waals surface area contributed by atoms with Gasteiger partial charge >= 0.3 is 6.61 Å². The predicted molar refractivity (Wildman–Crippen MR) is 124 cm³/mol. The summed E-state index contributed by atoms with van der Waals surface area (Å²) in [6.45, 7) is -0.00850. The van der Waals surface area contributed by atoms with E-state index in [2.05, 4.69) is 9.84 Å². The molecule has 1 fully saturated rings. The van der Waals surface area contributed by atoms with Crippen LogP contribution in [0, 0.1) is 5.92 Å². The summed E-state index contributed by atoms with van der Waals surface area (Å²) in [6.07, 6.45) is 3.30. The van der Waals surface area contributed by atoms with Gasteiger partial charge in [-0.2, -0.15) is 13.9 Å². The predicted octanol–water partition coefficient (Wildman–Crippen LogP) is 4.82. The Bertz CT molecular complexity index is 1400. The van der Waals surface area contributed by atoms with Crippen LogP contribution in [-0.4, -0.2) is 50.0 Å². The Morgan fingerprint density at radius 2 is 1.91 bits per heavy atom. The van der Waals surface area contributed by atoms with Crippen molar-refractivity contribution in [1.29, 1.82) is 0 Å². The number of carbonyl (C=O) groups excluding carboxylic acids is 1. The van der Waals surface area contributed by atoms with Crippen molar-refractivity contribution in [2.24, 2.45) is 5.92 Å². The van der Waals surface area contributed by atoms with Gasteiger partial charge < -0.3 is 9.47 Å². The lowest BCUT2D eigenvalue weighted by atomic mass is 9.98. The van der Waals surface area contributed by atoms with Gasteiger partial charge in [0.25, 0.3) is 0 Å². The number of ether oxygens (including phenoxy) is 2. The van der Waals surface area contributed by atoms with Gasteiger partial charge in [0.15, 0.2) is 15.6 Å². The molecule has 7 nitrogen and oxygen atoms in total. The van der Waals surface area contributed by atoms with Gasteiger partial charge in [0.1, 0.15) is 23.2 Å². The Morgan fingerprint density at radius 3 is 2.49 bits per heavy atom. The topological polar surface area (TPSA) is 87.0 Å². The van der Waals surface area contributed by atoms with Crippen LogP contribution in [-0.2, 0) is 14.6 Å². The van der Waals surface area contributed by atoms with Crippen LogP contribution in [0.25, 0.3) is 16.6 Å². The Kier molecular flexibility index (Phi) is 6.33. The molecule has 188 valence electrons. The smallest absolute Gasteiger partial charge is 0.387 e. The van der Waals surface area contributed by atoms with Crippen molar-refractivity contribution in [2.75, 3.05) is 13.4 Å². The second kappa shape index (κ2) is 8.85. The number of halogens is 3. The standard InChI is InChI=1S/C24H25F3N2O5S/c1-24(2,35(4,31)32)15-5-6-18-16(11-28-29(18)12-15)13-9-20(33-3)22(21(10-13)34-23(26)27)19(30)8-14-7-17(14)25/h5-6,9-12,14,17,23H,7-8H2,1-4H3/t14-,17-/m0/s1. The van der Waals surface area contributed by atoms with E-state index in [1.165, 1.54) is 30.0 Å². The van der Waals surface area contributed by atoms with Gasteiger partial charge in [0.05, 0.1) is 23.6 Å². The molecule has 4 rings (SSSR count). The minimum Gasteiger partial charge on any atom is -0.496 e. The highest BCUT2D eigenvalue weighted by Gasteiger charge is 2.40. The van der Waals surface area contributed by atoms with Gasteiger partial charge in [-0.1, -0.05) is 6.07 Å². The molecule has 0 radical (unpaired) electrons. The van der Waals surface area contributed by atoms with E-state index < -0.39 is 39.1 Å². The summed E-state index contributed by atoms with van der Waals surface area (Å²) >= 11 is 0. The summed E-state index contributed by atoms with van der Waals surface area (Å²) in [4.78, 5) is 12.8. The fraction of sp³-hybridized carbons (Fsp3) is 0.417. The number of sulfone groups is 1. The maximum absolute atomic E-state index is 13.3. The summed E-state index contributed by atoms with van der Waals surface area (Å²) in [5, 5.41) is 4.29. The third-order valence-electron chi connectivity index (χ3n) is 6.51. The highest BCUT2D eigenvalue weighted by atomic mass is 32.2. The van der Waals surface area contributed by atoms with E-state index in [-0.39, 0.29) is 29.9 Å². The number of alkyl halides is 3. The van der Waals surface area contributed by atoms with Crippen molar-refractivity contribution in [3.63, 3.8) is 0 Å². The maximum Gasteiger partial charge on any atom is 0.387 e. The number of fused-ring (bicyclic) bond motifs is 1. The molecule has 35 heavy (non-hydrogen) atoms. The molecule has 2 aromatic heterocycles. The highest BCUT2D eigenvalue weighted by molar-refractivity contribution is 7.91. The average Bonchev–Trinajstić information content (AvgIpc) is 3.29. The minimum atomic E-state index is -3.42. The average molecular weight is 511 g/mol. The zero-order valence-electron chi connectivity index (χ0n) is 19.6. The molecular formula is C24H25F3N2O5S. The second-order valence-electron chi connectivity index (χ2n) is 9.16. The largest absolute Gasteiger partial charge is 0.496 e. The molecule has 0 unspecified atom stereocenters. The first-order valence-electron chi connectivity index (χ1n) is 10.9. The van der Waals surface area contributed by atoms with Crippen molar-refractivity contribution in [3.05, 3.63) is 47.8 Å². The lowest BCUT2D eigenvalue weighted by Gasteiger charge is -2.23. The van der Waals surface area contributed by atoms with E-state index in [0.717, 1.165) is 6.26 Å². The number of hydrogen-bond donors (Lipinski definition) is 0. The molecule has 0 aliphatic heterocycles. The van der Waals surface area contributed by atoms with E-state index in [1.54, 1.807) is 32.2 Å². The summed E-state index contributed by atoms with van der Waals surface area (Å²) in [7, 11) is -2.12. The summed E-state index contributed by atoms with van der Waals surface area (Å²) < 4.78 is 74.5. The number of methoxy groups -OCH3 is 1. The molecular weight excluding hydrogens is 485 g/mol. The molecule has 0 saturated heterocycles. The molecule has 2 heterocycles. The number of benzene rings is 1. The third kappa shape index (κ3) is 4.73. The van der Waals surface area contributed by atoms with Gasteiger partial charge in [-0.05, 0) is 49.6 Å². The van der Waals surface area contributed by atoms with Crippen LogP contribution in [0.4, 0.5) is 13.2 Å². The van der Waals surface area contributed by atoms with Crippen molar-refractivity contribution in [2.45, 2.75) is 44.2 Å². The molecule has 3 aromatic rings.